The van der Waals surface area contributed by atoms with Crippen molar-refractivity contribution in [2.75, 3.05) is 18.4 Å². The van der Waals surface area contributed by atoms with Crippen molar-refractivity contribution < 1.29 is 9.18 Å². The van der Waals surface area contributed by atoms with Crippen LogP contribution in [0.3, 0.4) is 0 Å². The molecule has 4 aromatic rings. The first kappa shape index (κ1) is 23.2. The van der Waals surface area contributed by atoms with Crippen LogP contribution in [0.1, 0.15) is 37.6 Å². The fraction of sp³-hybridized carbons (Fsp3) is 0.310. The van der Waals surface area contributed by atoms with Gasteiger partial charge < -0.3 is 5.32 Å². The zero-order chi connectivity index (χ0) is 24.2. The Morgan fingerprint density at radius 1 is 1.06 bits per heavy atom. The molecular formula is C29H31FN4O. The number of hydrogen-bond acceptors (Lipinski definition) is 3. The number of carbonyl (C=O) groups excluding carboxylic acids is 1. The van der Waals surface area contributed by atoms with Crippen molar-refractivity contribution in [3.63, 3.8) is 0 Å². The summed E-state index contributed by atoms with van der Waals surface area (Å²) in [5, 5.41) is 3.11. The molecule has 0 unspecified atom stereocenters. The number of likely N-dealkylation sites (tertiary alicyclic amines) is 1. The Bertz CT molecular complexity index is 1300. The second kappa shape index (κ2) is 10.4. The lowest BCUT2D eigenvalue weighted by atomic mass is 9.97. The number of rotatable bonds is 7. The number of hydrogen-bond donors (Lipinski definition) is 1. The number of para-hydroxylation sites is 2. The van der Waals surface area contributed by atoms with Gasteiger partial charge in [0.1, 0.15) is 11.6 Å². The van der Waals surface area contributed by atoms with Gasteiger partial charge in [0.05, 0.1) is 23.5 Å². The van der Waals surface area contributed by atoms with E-state index in [1.807, 2.05) is 36.4 Å². The van der Waals surface area contributed by atoms with Gasteiger partial charge in [-0.2, -0.15) is 0 Å². The molecule has 1 fully saturated rings. The molecule has 1 amide bonds. The second-order valence-electron chi connectivity index (χ2n) is 9.34. The van der Waals surface area contributed by atoms with Crippen LogP contribution in [0, 0.1) is 11.7 Å². The molecule has 5 nitrogen and oxygen atoms in total. The molecule has 0 spiro atoms. The maximum Gasteiger partial charge on any atom is 0.228 e. The highest BCUT2D eigenvalue weighted by Crippen LogP contribution is 2.25. The van der Waals surface area contributed by atoms with Gasteiger partial charge in [-0.25, -0.2) is 9.37 Å². The molecule has 5 rings (SSSR count). The summed E-state index contributed by atoms with van der Waals surface area (Å²) in [7, 11) is 0. The third-order valence-corrected chi connectivity index (χ3v) is 6.72. The van der Waals surface area contributed by atoms with Crippen LogP contribution < -0.4 is 5.32 Å². The molecule has 35 heavy (non-hydrogen) atoms. The van der Waals surface area contributed by atoms with Gasteiger partial charge in [-0.1, -0.05) is 37.6 Å². The van der Waals surface area contributed by atoms with Crippen molar-refractivity contribution in [2.45, 2.75) is 39.2 Å². The van der Waals surface area contributed by atoms with Crippen LogP contribution in [0.15, 0.2) is 72.8 Å². The predicted octanol–water partition coefficient (Wildman–Crippen LogP) is 5.97. The van der Waals surface area contributed by atoms with Crippen molar-refractivity contribution in [3.05, 3.63) is 90.0 Å². The van der Waals surface area contributed by atoms with E-state index in [1.54, 1.807) is 12.1 Å². The highest BCUT2D eigenvalue weighted by molar-refractivity contribution is 5.92. The smallest absolute Gasteiger partial charge is 0.228 e. The molecule has 0 aliphatic carbocycles. The van der Waals surface area contributed by atoms with Gasteiger partial charge in [-0.3, -0.25) is 14.3 Å². The van der Waals surface area contributed by atoms with Crippen molar-refractivity contribution in [3.8, 4) is 5.69 Å². The third kappa shape index (κ3) is 5.28. The molecule has 3 aromatic carbocycles. The summed E-state index contributed by atoms with van der Waals surface area (Å²) in [6, 6.07) is 22.7. The summed E-state index contributed by atoms with van der Waals surface area (Å²) in [6.45, 7) is 4.40. The molecule has 0 bridgehead atoms. The SMILES string of the molecule is CCCc1ccc(NC(=O)[C@@H]2CCCN(Cc3nc4ccccc4n3-c3ccc(F)cc3)C2)cc1. The first-order chi connectivity index (χ1) is 17.1. The van der Waals surface area contributed by atoms with E-state index in [4.69, 9.17) is 4.98 Å². The number of nitrogens with one attached hydrogen (secondary N) is 1. The fourth-order valence-corrected chi connectivity index (χ4v) is 4.96. The fourth-order valence-electron chi connectivity index (χ4n) is 4.96. The molecule has 6 heteroatoms. The molecule has 1 aliphatic heterocycles. The van der Waals surface area contributed by atoms with E-state index in [9.17, 15) is 9.18 Å². The van der Waals surface area contributed by atoms with Crippen LogP contribution in [0.2, 0.25) is 0 Å². The third-order valence-electron chi connectivity index (χ3n) is 6.72. The van der Waals surface area contributed by atoms with Crippen molar-refractivity contribution in [1.29, 1.82) is 0 Å². The Labute approximate surface area is 205 Å². The van der Waals surface area contributed by atoms with Crippen LogP contribution in [0.4, 0.5) is 10.1 Å². The minimum Gasteiger partial charge on any atom is -0.326 e. The molecule has 1 aliphatic rings. The lowest BCUT2D eigenvalue weighted by molar-refractivity contribution is -0.121. The number of carbonyl (C=O) groups is 1. The first-order valence-corrected chi connectivity index (χ1v) is 12.4. The Morgan fingerprint density at radius 2 is 1.83 bits per heavy atom. The molecule has 2 heterocycles. The first-order valence-electron chi connectivity index (χ1n) is 12.4. The van der Waals surface area contributed by atoms with Gasteiger partial charge in [-0.15, -0.1) is 0 Å². The van der Waals surface area contributed by atoms with E-state index in [1.165, 1.54) is 17.7 Å². The summed E-state index contributed by atoms with van der Waals surface area (Å²) in [5.41, 5.74) is 4.92. The summed E-state index contributed by atoms with van der Waals surface area (Å²) in [4.78, 5) is 20.2. The maximum absolute atomic E-state index is 13.6. The average molecular weight is 471 g/mol. The Kier molecular flexibility index (Phi) is 6.91. The lowest BCUT2D eigenvalue weighted by Gasteiger charge is -2.31. The van der Waals surface area contributed by atoms with Gasteiger partial charge in [0.2, 0.25) is 5.91 Å². The highest BCUT2D eigenvalue weighted by Gasteiger charge is 2.27. The number of halogens is 1. The number of benzene rings is 3. The number of aryl methyl sites for hydroxylation is 1. The molecule has 180 valence electrons. The summed E-state index contributed by atoms with van der Waals surface area (Å²) in [5.74, 6) is 0.641. The number of nitrogens with zero attached hydrogens (tertiary/aromatic N) is 3. The van der Waals surface area contributed by atoms with E-state index in [0.717, 1.165) is 60.5 Å². The molecule has 1 saturated heterocycles. The molecule has 1 N–H and O–H groups in total. The Morgan fingerprint density at radius 3 is 2.60 bits per heavy atom. The number of imidazole rings is 1. The van der Waals surface area contributed by atoms with Crippen molar-refractivity contribution in [2.24, 2.45) is 5.92 Å². The molecule has 1 aromatic heterocycles. The zero-order valence-electron chi connectivity index (χ0n) is 20.1. The standard InChI is InChI=1S/C29H31FN4O/c1-2-6-21-10-14-24(15-11-21)31-29(35)22-7-5-18-33(19-22)20-28-32-26-8-3-4-9-27(26)34(28)25-16-12-23(30)13-17-25/h3-4,8-17,22H,2,5-7,18-20H2,1H3,(H,31,35)/t22-/m1/s1. The normalized spacial score (nSPS) is 16.5. The summed E-state index contributed by atoms with van der Waals surface area (Å²) >= 11 is 0. The van der Waals surface area contributed by atoms with Crippen LogP contribution in [0.5, 0.6) is 0 Å². The minimum atomic E-state index is -0.260. The second-order valence-corrected chi connectivity index (χ2v) is 9.34. The Balaban J connectivity index is 1.31. The summed E-state index contributed by atoms with van der Waals surface area (Å²) in [6.07, 6.45) is 4.00. The predicted molar refractivity (Wildman–Crippen MR) is 138 cm³/mol. The lowest BCUT2D eigenvalue weighted by Crippen LogP contribution is -2.40. The largest absolute Gasteiger partial charge is 0.326 e. The zero-order valence-corrected chi connectivity index (χ0v) is 20.1. The molecule has 1 atom stereocenters. The minimum absolute atomic E-state index is 0.0669. The number of piperidine rings is 1. The van der Waals surface area contributed by atoms with Crippen LogP contribution in [-0.4, -0.2) is 33.4 Å². The Hall–Kier alpha value is -3.51. The summed E-state index contributed by atoms with van der Waals surface area (Å²) < 4.78 is 15.7. The quantitative estimate of drug-likeness (QED) is 0.362. The molecule has 0 radical (unpaired) electrons. The highest BCUT2D eigenvalue weighted by atomic mass is 19.1. The van der Waals surface area contributed by atoms with Gasteiger partial charge in [0.25, 0.3) is 0 Å². The molecular weight excluding hydrogens is 439 g/mol. The average Bonchev–Trinajstić information content (AvgIpc) is 3.24. The van der Waals surface area contributed by atoms with Crippen molar-refractivity contribution >= 4 is 22.6 Å². The van der Waals surface area contributed by atoms with Gasteiger partial charge >= 0.3 is 0 Å². The van der Waals surface area contributed by atoms with Crippen molar-refractivity contribution in [1.82, 2.24) is 14.5 Å². The van der Waals surface area contributed by atoms with E-state index >= 15 is 0 Å². The van der Waals surface area contributed by atoms with Gasteiger partial charge in [0.15, 0.2) is 0 Å². The van der Waals surface area contributed by atoms with Gasteiger partial charge in [-0.05, 0) is 79.9 Å². The molecule has 0 saturated carbocycles. The van der Waals surface area contributed by atoms with E-state index in [2.05, 4.69) is 33.8 Å². The number of anilines is 1. The number of aromatic nitrogens is 2. The van der Waals surface area contributed by atoms with Crippen LogP contribution >= 0.6 is 0 Å². The van der Waals surface area contributed by atoms with E-state index in [-0.39, 0.29) is 17.6 Å². The van der Waals surface area contributed by atoms with Crippen LogP contribution in [-0.2, 0) is 17.8 Å². The number of fused-ring (bicyclic) bond motifs is 1. The topological polar surface area (TPSA) is 50.2 Å². The van der Waals surface area contributed by atoms with Gasteiger partial charge in [0, 0.05) is 17.9 Å². The van der Waals surface area contributed by atoms with E-state index in [0.29, 0.717) is 13.1 Å². The number of amides is 1. The maximum atomic E-state index is 13.6. The monoisotopic (exact) mass is 470 g/mol. The van der Waals surface area contributed by atoms with Crippen LogP contribution in [0.25, 0.3) is 16.7 Å². The van der Waals surface area contributed by atoms with E-state index < -0.39 is 0 Å².